The van der Waals surface area contributed by atoms with Crippen LogP contribution in [0, 0.1) is 5.92 Å². The molecule has 2 atom stereocenters. The molecule has 1 aromatic rings. The summed E-state index contributed by atoms with van der Waals surface area (Å²) in [6.45, 7) is 6.77. The van der Waals surface area contributed by atoms with Gasteiger partial charge in [0.1, 0.15) is 0 Å². The molecule has 0 bridgehead atoms. The van der Waals surface area contributed by atoms with Crippen molar-refractivity contribution < 1.29 is 9.84 Å². The Morgan fingerprint density at radius 3 is 2.70 bits per heavy atom. The molecule has 1 aromatic heterocycles. The van der Waals surface area contributed by atoms with Crippen molar-refractivity contribution in [3.05, 3.63) is 18.0 Å². The monoisotopic (exact) mass is 280 g/mol. The first-order valence-electron chi connectivity index (χ1n) is 7.95. The van der Waals surface area contributed by atoms with E-state index in [0.717, 1.165) is 5.69 Å². The Labute approximate surface area is 122 Å². The third-order valence-electron chi connectivity index (χ3n) is 4.18. The lowest BCUT2D eigenvalue weighted by Crippen LogP contribution is -2.35. The molecule has 0 aromatic carbocycles. The molecule has 2 rings (SSSR count). The number of hydrogen-bond donors (Lipinski definition) is 1. The van der Waals surface area contributed by atoms with Crippen LogP contribution in [0.3, 0.4) is 0 Å². The second-order valence-electron chi connectivity index (χ2n) is 6.16. The summed E-state index contributed by atoms with van der Waals surface area (Å²) in [5.74, 6) is 0.307. The number of nitrogens with zero attached hydrogens (tertiary/aromatic N) is 2. The highest BCUT2D eigenvalue weighted by Gasteiger charge is 2.24. The van der Waals surface area contributed by atoms with Gasteiger partial charge in [-0.1, -0.05) is 26.7 Å². The Kier molecular flexibility index (Phi) is 5.61. The highest BCUT2D eigenvalue weighted by Crippen LogP contribution is 2.28. The van der Waals surface area contributed by atoms with E-state index in [1.165, 1.54) is 25.7 Å². The second kappa shape index (κ2) is 7.23. The van der Waals surface area contributed by atoms with E-state index < -0.39 is 6.10 Å². The summed E-state index contributed by atoms with van der Waals surface area (Å²) >= 11 is 0. The van der Waals surface area contributed by atoms with Crippen molar-refractivity contribution in [2.75, 3.05) is 6.61 Å². The molecule has 0 spiro atoms. The summed E-state index contributed by atoms with van der Waals surface area (Å²) in [6, 6.07) is 2.60. The van der Waals surface area contributed by atoms with Crippen molar-refractivity contribution in [3.63, 3.8) is 0 Å². The predicted octanol–water partition coefficient (Wildman–Crippen LogP) is 2.96. The molecular formula is C16H28N2O2. The Morgan fingerprint density at radius 1 is 1.40 bits per heavy atom. The summed E-state index contributed by atoms with van der Waals surface area (Å²) in [6.07, 6.45) is 7.11. The quantitative estimate of drug-likeness (QED) is 0.835. The van der Waals surface area contributed by atoms with Crippen LogP contribution in [0.5, 0.6) is 0 Å². The number of aliphatic hydroxyl groups excluding tert-OH is 1. The lowest BCUT2D eigenvalue weighted by Gasteiger charge is -2.25. The van der Waals surface area contributed by atoms with E-state index in [9.17, 15) is 5.11 Å². The third-order valence-corrected chi connectivity index (χ3v) is 4.18. The molecule has 1 N–H and O–H groups in total. The maximum Gasteiger partial charge on any atom is 0.0860 e. The molecule has 0 radical (unpaired) electrons. The number of aromatic nitrogens is 2. The zero-order valence-electron chi connectivity index (χ0n) is 13.0. The van der Waals surface area contributed by atoms with Crippen LogP contribution in [0.1, 0.15) is 58.2 Å². The predicted molar refractivity (Wildman–Crippen MR) is 79.7 cm³/mol. The summed E-state index contributed by atoms with van der Waals surface area (Å²) in [7, 11) is 0. The van der Waals surface area contributed by atoms with Crippen molar-refractivity contribution in [1.29, 1.82) is 0 Å². The number of ether oxygens (including phenoxy) is 1. The SMILES string of the molecule is CCOC(C(C)C)C(O)Cc1ccn(C2CCCC2)n1. The van der Waals surface area contributed by atoms with Gasteiger partial charge in [-0.25, -0.2) is 0 Å². The first-order chi connectivity index (χ1) is 9.61. The first-order valence-corrected chi connectivity index (χ1v) is 7.95. The van der Waals surface area contributed by atoms with Crippen LogP contribution in [-0.4, -0.2) is 33.7 Å². The van der Waals surface area contributed by atoms with Crippen LogP contribution in [0.15, 0.2) is 12.3 Å². The normalized spacial score (nSPS) is 19.6. The minimum atomic E-state index is -0.484. The molecule has 20 heavy (non-hydrogen) atoms. The van der Waals surface area contributed by atoms with E-state index in [1.54, 1.807) is 0 Å². The van der Waals surface area contributed by atoms with Gasteiger partial charge in [0.2, 0.25) is 0 Å². The van der Waals surface area contributed by atoms with Crippen molar-refractivity contribution in [1.82, 2.24) is 9.78 Å². The van der Waals surface area contributed by atoms with Crippen LogP contribution < -0.4 is 0 Å². The average Bonchev–Trinajstić information content (AvgIpc) is 3.05. The molecule has 0 aliphatic heterocycles. The third kappa shape index (κ3) is 3.83. The van der Waals surface area contributed by atoms with E-state index in [1.807, 2.05) is 13.0 Å². The number of hydrogen-bond acceptors (Lipinski definition) is 3. The molecule has 2 unspecified atom stereocenters. The Hall–Kier alpha value is -0.870. The minimum Gasteiger partial charge on any atom is -0.390 e. The molecule has 1 saturated carbocycles. The molecule has 4 nitrogen and oxygen atoms in total. The van der Waals surface area contributed by atoms with Crippen molar-refractivity contribution >= 4 is 0 Å². The van der Waals surface area contributed by atoms with E-state index in [0.29, 0.717) is 25.0 Å². The fourth-order valence-corrected chi connectivity index (χ4v) is 3.13. The Bertz CT molecular complexity index is 397. The van der Waals surface area contributed by atoms with Crippen molar-refractivity contribution in [2.45, 2.75) is 71.1 Å². The second-order valence-corrected chi connectivity index (χ2v) is 6.16. The van der Waals surface area contributed by atoms with Crippen LogP contribution in [0.2, 0.25) is 0 Å². The van der Waals surface area contributed by atoms with Crippen molar-refractivity contribution in [2.24, 2.45) is 5.92 Å². The molecule has 4 heteroatoms. The van der Waals surface area contributed by atoms with Gasteiger partial charge in [-0.3, -0.25) is 4.68 Å². The van der Waals surface area contributed by atoms with E-state index in [2.05, 4.69) is 29.8 Å². The van der Waals surface area contributed by atoms with Gasteiger partial charge in [0, 0.05) is 19.2 Å². The van der Waals surface area contributed by atoms with Crippen LogP contribution >= 0.6 is 0 Å². The fourth-order valence-electron chi connectivity index (χ4n) is 3.13. The van der Waals surface area contributed by atoms with Gasteiger partial charge in [0.15, 0.2) is 0 Å². The van der Waals surface area contributed by atoms with E-state index in [4.69, 9.17) is 4.74 Å². The lowest BCUT2D eigenvalue weighted by atomic mass is 9.98. The molecule has 1 aliphatic rings. The minimum absolute atomic E-state index is 0.114. The van der Waals surface area contributed by atoms with E-state index in [-0.39, 0.29) is 6.10 Å². The average molecular weight is 280 g/mol. The van der Waals surface area contributed by atoms with Gasteiger partial charge in [0.25, 0.3) is 0 Å². The van der Waals surface area contributed by atoms with Gasteiger partial charge >= 0.3 is 0 Å². The van der Waals surface area contributed by atoms with Gasteiger partial charge < -0.3 is 9.84 Å². The van der Waals surface area contributed by atoms with Gasteiger partial charge in [-0.05, 0) is 31.7 Å². The Morgan fingerprint density at radius 2 is 2.10 bits per heavy atom. The molecule has 1 fully saturated rings. The zero-order chi connectivity index (χ0) is 14.5. The highest BCUT2D eigenvalue weighted by molar-refractivity contribution is 5.02. The van der Waals surface area contributed by atoms with Crippen LogP contribution in [0.4, 0.5) is 0 Å². The molecule has 1 aliphatic carbocycles. The summed E-state index contributed by atoms with van der Waals surface area (Å²) in [5.41, 5.74) is 0.967. The Balaban J connectivity index is 1.94. The van der Waals surface area contributed by atoms with Crippen LogP contribution in [0.25, 0.3) is 0 Å². The molecule has 114 valence electrons. The largest absolute Gasteiger partial charge is 0.390 e. The van der Waals surface area contributed by atoms with Gasteiger partial charge in [0.05, 0.1) is 23.9 Å². The summed E-state index contributed by atoms with van der Waals surface area (Å²) < 4.78 is 7.74. The van der Waals surface area contributed by atoms with Gasteiger partial charge in [-0.2, -0.15) is 5.10 Å². The topological polar surface area (TPSA) is 47.3 Å². The zero-order valence-corrected chi connectivity index (χ0v) is 13.0. The lowest BCUT2D eigenvalue weighted by molar-refractivity contribution is -0.0565. The maximum atomic E-state index is 10.4. The molecule has 0 amide bonds. The summed E-state index contributed by atoms with van der Waals surface area (Å²) in [4.78, 5) is 0. The van der Waals surface area contributed by atoms with E-state index >= 15 is 0 Å². The maximum absolute atomic E-state index is 10.4. The molecule has 0 saturated heterocycles. The van der Waals surface area contributed by atoms with Crippen molar-refractivity contribution in [3.8, 4) is 0 Å². The standard InChI is InChI=1S/C16H28N2O2/c1-4-20-16(12(2)3)15(19)11-13-9-10-18(17-13)14-7-5-6-8-14/h9-10,12,14-16,19H,4-8,11H2,1-3H3. The first kappa shape index (κ1) is 15.5. The molecule has 1 heterocycles. The fraction of sp³-hybridized carbons (Fsp3) is 0.812. The number of aliphatic hydroxyl groups is 1. The highest BCUT2D eigenvalue weighted by atomic mass is 16.5. The number of rotatable bonds is 7. The van der Waals surface area contributed by atoms with Gasteiger partial charge in [-0.15, -0.1) is 0 Å². The molecular weight excluding hydrogens is 252 g/mol. The summed E-state index contributed by atoms with van der Waals surface area (Å²) in [5, 5.41) is 15.0. The smallest absolute Gasteiger partial charge is 0.0860 e. The van der Waals surface area contributed by atoms with Crippen LogP contribution in [-0.2, 0) is 11.2 Å².